The SMILES string of the molecule is CCc1noc(C)c1C(=O)N1C[C@H]2COC[C@@H](C1)C(=O)N2. The Morgan fingerprint density at radius 2 is 2.24 bits per heavy atom. The summed E-state index contributed by atoms with van der Waals surface area (Å²) in [6.07, 6.45) is 0.638. The van der Waals surface area contributed by atoms with Crippen LogP contribution in [-0.4, -0.2) is 54.2 Å². The summed E-state index contributed by atoms with van der Waals surface area (Å²) in [5.41, 5.74) is 1.20. The average Bonchev–Trinajstić information content (AvgIpc) is 2.62. The first-order valence-corrected chi connectivity index (χ1v) is 7.22. The lowest BCUT2D eigenvalue weighted by Crippen LogP contribution is -2.44. The fraction of sp³-hybridized carbons (Fsp3) is 0.643. The molecule has 3 rings (SSSR count). The molecule has 21 heavy (non-hydrogen) atoms. The van der Waals surface area contributed by atoms with Gasteiger partial charge in [-0.25, -0.2) is 0 Å². The van der Waals surface area contributed by atoms with E-state index in [-0.39, 0.29) is 23.8 Å². The van der Waals surface area contributed by atoms with Gasteiger partial charge in [-0.05, 0) is 13.3 Å². The number of hydrogen-bond donors (Lipinski definition) is 1. The Morgan fingerprint density at radius 1 is 1.43 bits per heavy atom. The maximum absolute atomic E-state index is 12.8. The number of amides is 2. The Bertz CT molecular complexity index is 569. The van der Waals surface area contributed by atoms with E-state index < -0.39 is 0 Å². The lowest BCUT2D eigenvalue weighted by atomic mass is 10.1. The minimum atomic E-state index is -0.313. The summed E-state index contributed by atoms with van der Waals surface area (Å²) in [7, 11) is 0. The molecule has 0 aliphatic carbocycles. The molecule has 114 valence electrons. The Hall–Kier alpha value is -1.89. The van der Waals surface area contributed by atoms with Crippen molar-refractivity contribution in [1.82, 2.24) is 15.4 Å². The van der Waals surface area contributed by atoms with Gasteiger partial charge in [0.15, 0.2) is 0 Å². The molecule has 1 N–H and O–H groups in total. The lowest BCUT2D eigenvalue weighted by Gasteiger charge is -2.27. The number of hydrogen-bond acceptors (Lipinski definition) is 5. The number of aromatic nitrogens is 1. The van der Waals surface area contributed by atoms with Crippen LogP contribution >= 0.6 is 0 Å². The third kappa shape index (κ3) is 2.53. The van der Waals surface area contributed by atoms with Crippen molar-refractivity contribution in [2.24, 2.45) is 5.92 Å². The van der Waals surface area contributed by atoms with E-state index in [9.17, 15) is 9.59 Å². The highest BCUT2D eigenvalue weighted by atomic mass is 16.5. The number of carbonyl (C=O) groups is 2. The fourth-order valence-electron chi connectivity index (χ4n) is 2.89. The van der Waals surface area contributed by atoms with Crippen molar-refractivity contribution in [2.45, 2.75) is 26.3 Å². The van der Waals surface area contributed by atoms with E-state index in [1.165, 1.54) is 0 Å². The van der Waals surface area contributed by atoms with E-state index in [2.05, 4.69) is 10.5 Å². The van der Waals surface area contributed by atoms with Gasteiger partial charge in [-0.15, -0.1) is 0 Å². The molecule has 0 unspecified atom stereocenters. The predicted molar refractivity (Wildman–Crippen MR) is 72.8 cm³/mol. The largest absolute Gasteiger partial charge is 0.378 e. The second-order valence-corrected chi connectivity index (χ2v) is 5.56. The lowest BCUT2D eigenvalue weighted by molar-refractivity contribution is -0.125. The van der Waals surface area contributed by atoms with Crippen LogP contribution in [0.1, 0.15) is 28.7 Å². The molecule has 2 amide bonds. The summed E-state index contributed by atoms with van der Waals surface area (Å²) in [6, 6.07) is -0.154. The number of rotatable bonds is 2. The van der Waals surface area contributed by atoms with Crippen LogP contribution in [0.2, 0.25) is 0 Å². The van der Waals surface area contributed by atoms with E-state index in [0.717, 1.165) is 0 Å². The third-order valence-electron chi connectivity index (χ3n) is 4.01. The van der Waals surface area contributed by atoms with Crippen LogP contribution in [0.3, 0.4) is 0 Å². The van der Waals surface area contributed by atoms with Gasteiger partial charge in [-0.3, -0.25) is 9.59 Å². The molecule has 0 radical (unpaired) electrons. The Kier molecular flexibility index (Phi) is 3.67. The van der Waals surface area contributed by atoms with Gasteiger partial charge in [0.05, 0.1) is 30.9 Å². The smallest absolute Gasteiger partial charge is 0.259 e. The summed E-state index contributed by atoms with van der Waals surface area (Å²) in [5.74, 6) is 0.0676. The van der Waals surface area contributed by atoms with Gasteiger partial charge < -0.3 is 19.5 Å². The first-order valence-electron chi connectivity index (χ1n) is 7.22. The topological polar surface area (TPSA) is 84.7 Å². The molecular formula is C14H19N3O4. The van der Waals surface area contributed by atoms with Crippen LogP contribution in [0.15, 0.2) is 4.52 Å². The number of aryl methyl sites for hydroxylation is 2. The molecule has 0 spiro atoms. The number of carbonyl (C=O) groups excluding carboxylic acids is 2. The third-order valence-corrected chi connectivity index (χ3v) is 4.01. The molecule has 1 aromatic heterocycles. The predicted octanol–water partition coefficient (Wildman–Crippen LogP) is 0.132. The maximum atomic E-state index is 12.8. The molecule has 3 heterocycles. The summed E-state index contributed by atoms with van der Waals surface area (Å²) in [5, 5.41) is 6.85. The van der Waals surface area contributed by atoms with Crippen molar-refractivity contribution >= 4 is 11.8 Å². The Balaban J connectivity index is 1.88. The highest BCUT2D eigenvalue weighted by Gasteiger charge is 2.36. The second-order valence-electron chi connectivity index (χ2n) is 5.56. The molecule has 2 saturated heterocycles. The molecule has 2 bridgehead atoms. The normalized spacial score (nSPS) is 25.4. The first-order chi connectivity index (χ1) is 10.1. The average molecular weight is 293 g/mol. The summed E-state index contributed by atoms with van der Waals surface area (Å²) in [4.78, 5) is 26.5. The molecule has 7 nitrogen and oxygen atoms in total. The van der Waals surface area contributed by atoms with E-state index in [1.54, 1.807) is 11.8 Å². The monoisotopic (exact) mass is 293 g/mol. The van der Waals surface area contributed by atoms with Gasteiger partial charge in [-0.1, -0.05) is 12.1 Å². The Labute approximate surface area is 122 Å². The van der Waals surface area contributed by atoms with Gasteiger partial charge in [0.25, 0.3) is 5.91 Å². The van der Waals surface area contributed by atoms with Crippen molar-refractivity contribution in [3.63, 3.8) is 0 Å². The molecule has 2 aliphatic rings. The summed E-state index contributed by atoms with van der Waals surface area (Å²) < 4.78 is 10.6. The van der Waals surface area contributed by atoms with Gasteiger partial charge in [-0.2, -0.15) is 0 Å². The molecule has 0 aromatic carbocycles. The molecule has 7 heteroatoms. The van der Waals surface area contributed by atoms with Crippen molar-refractivity contribution in [2.75, 3.05) is 26.3 Å². The van der Waals surface area contributed by atoms with Crippen molar-refractivity contribution in [3.8, 4) is 0 Å². The van der Waals surface area contributed by atoms with Crippen LogP contribution in [0.4, 0.5) is 0 Å². The van der Waals surface area contributed by atoms with Crippen LogP contribution in [0, 0.1) is 12.8 Å². The van der Waals surface area contributed by atoms with Gasteiger partial charge in [0.2, 0.25) is 5.91 Å². The van der Waals surface area contributed by atoms with Crippen LogP contribution < -0.4 is 5.32 Å². The Morgan fingerprint density at radius 3 is 3.00 bits per heavy atom. The van der Waals surface area contributed by atoms with E-state index in [0.29, 0.717) is 49.7 Å². The first kappa shape index (κ1) is 14.1. The van der Waals surface area contributed by atoms with Crippen molar-refractivity contribution < 1.29 is 18.8 Å². The quantitative estimate of drug-likeness (QED) is 0.838. The zero-order chi connectivity index (χ0) is 15.0. The van der Waals surface area contributed by atoms with Crippen LogP contribution in [0.5, 0.6) is 0 Å². The zero-order valence-corrected chi connectivity index (χ0v) is 12.2. The highest BCUT2D eigenvalue weighted by Crippen LogP contribution is 2.20. The maximum Gasteiger partial charge on any atom is 0.259 e. The second kappa shape index (κ2) is 5.48. The molecule has 2 fully saturated rings. The van der Waals surface area contributed by atoms with Crippen molar-refractivity contribution in [3.05, 3.63) is 17.0 Å². The summed E-state index contributed by atoms with van der Waals surface area (Å²) in [6.45, 7) is 5.29. The summed E-state index contributed by atoms with van der Waals surface area (Å²) >= 11 is 0. The standard InChI is InChI=1S/C14H19N3O4/c1-3-11-12(8(2)21-16-11)14(19)17-4-9-6-20-7-10(5-17)15-13(9)18/h9-10H,3-7H2,1-2H3,(H,15,18)/t9-,10+/m1/s1. The minimum Gasteiger partial charge on any atom is -0.378 e. The van der Waals surface area contributed by atoms with E-state index in [4.69, 9.17) is 9.26 Å². The molecule has 1 aromatic rings. The van der Waals surface area contributed by atoms with Crippen molar-refractivity contribution in [1.29, 1.82) is 0 Å². The van der Waals surface area contributed by atoms with Gasteiger partial charge in [0, 0.05) is 13.1 Å². The zero-order valence-electron chi connectivity index (χ0n) is 12.2. The number of nitrogens with zero attached hydrogens (tertiary/aromatic N) is 2. The fourth-order valence-corrected chi connectivity index (χ4v) is 2.89. The molecular weight excluding hydrogens is 274 g/mol. The number of ether oxygens (including phenoxy) is 1. The van der Waals surface area contributed by atoms with Gasteiger partial charge in [0.1, 0.15) is 11.3 Å². The molecule has 2 atom stereocenters. The molecule has 0 saturated carbocycles. The number of fused-ring (bicyclic) bond motifs is 3. The van der Waals surface area contributed by atoms with E-state index >= 15 is 0 Å². The van der Waals surface area contributed by atoms with Crippen LogP contribution in [0.25, 0.3) is 0 Å². The van der Waals surface area contributed by atoms with Crippen LogP contribution in [-0.2, 0) is 16.0 Å². The van der Waals surface area contributed by atoms with Gasteiger partial charge >= 0.3 is 0 Å². The minimum absolute atomic E-state index is 0.0365. The van der Waals surface area contributed by atoms with E-state index in [1.807, 2.05) is 6.92 Å². The molecule has 2 aliphatic heterocycles. The number of nitrogens with one attached hydrogen (secondary N) is 1. The highest BCUT2D eigenvalue weighted by molar-refractivity contribution is 5.96.